The van der Waals surface area contributed by atoms with Gasteiger partial charge in [-0.05, 0) is 36.3 Å². The zero-order valence-electron chi connectivity index (χ0n) is 18.1. The summed E-state index contributed by atoms with van der Waals surface area (Å²) in [6, 6.07) is 9.54. The first-order chi connectivity index (χ1) is 15.7. The van der Waals surface area contributed by atoms with Crippen LogP contribution in [0.1, 0.15) is 43.0 Å². The molecule has 2 heterocycles. The number of nitrogens with zero attached hydrogens (tertiary/aromatic N) is 3. The first-order valence-electron chi connectivity index (χ1n) is 10.2. The number of carbonyl (C=O) groups is 2. The van der Waals surface area contributed by atoms with Gasteiger partial charge in [0.25, 0.3) is 6.43 Å². The number of hydrogen-bond acceptors (Lipinski definition) is 4. The van der Waals surface area contributed by atoms with Crippen LogP contribution in [-0.2, 0) is 9.53 Å². The van der Waals surface area contributed by atoms with Crippen LogP contribution in [0.4, 0.5) is 13.6 Å². The minimum absolute atomic E-state index is 0.0658. The zero-order chi connectivity index (χ0) is 23.9. The second-order valence-electron chi connectivity index (χ2n) is 7.81. The summed E-state index contributed by atoms with van der Waals surface area (Å²) >= 11 is 0. The summed E-state index contributed by atoms with van der Waals surface area (Å²) in [5, 5.41) is 14.6. The van der Waals surface area contributed by atoms with Crippen molar-refractivity contribution in [2.45, 2.75) is 26.2 Å². The van der Waals surface area contributed by atoms with Crippen LogP contribution in [0.5, 0.6) is 0 Å². The molecule has 0 spiro atoms. The lowest BCUT2D eigenvalue weighted by atomic mass is 10.0. The average molecular weight is 453 g/mol. The van der Waals surface area contributed by atoms with Gasteiger partial charge in [-0.25, -0.2) is 18.4 Å². The van der Waals surface area contributed by atoms with E-state index in [1.165, 1.54) is 31.5 Å². The van der Waals surface area contributed by atoms with Crippen LogP contribution in [0.25, 0.3) is 33.6 Å². The normalized spacial score (nSPS) is 12.0. The Balaban J connectivity index is 2.13. The maximum Gasteiger partial charge on any atom is 0.432 e. The predicted molar refractivity (Wildman–Crippen MR) is 120 cm³/mol. The number of ether oxygens (including phenoxy) is 1. The Morgan fingerprint density at radius 2 is 1.91 bits per heavy atom. The van der Waals surface area contributed by atoms with Gasteiger partial charge in [-0.3, -0.25) is 0 Å². The lowest BCUT2D eigenvalue weighted by Gasteiger charge is -2.15. The molecule has 0 amide bonds. The molecule has 0 aliphatic heterocycles. The van der Waals surface area contributed by atoms with E-state index >= 15 is 0 Å². The molecule has 1 N–H and O–H groups in total. The fourth-order valence-corrected chi connectivity index (χ4v) is 4.04. The first kappa shape index (κ1) is 22.2. The van der Waals surface area contributed by atoms with E-state index in [0.717, 1.165) is 10.4 Å². The van der Waals surface area contributed by atoms with E-state index in [1.54, 1.807) is 30.3 Å². The molecule has 0 saturated heterocycles. The number of rotatable bonds is 5. The van der Waals surface area contributed by atoms with E-state index in [1.807, 2.05) is 18.4 Å². The lowest BCUT2D eigenvalue weighted by Crippen LogP contribution is -2.08. The molecule has 2 aromatic carbocycles. The molecule has 33 heavy (non-hydrogen) atoms. The molecule has 9 heteroatoms. The van der Waals surface area contributed by atoms with Crippen molar-refractivity contribution >= 4 is 39.9 Å². The Labute approximate surface area is 187 Å². The van der Waals surface area contributed by atoms with Crippen molar-refractivity contribution in [3.05, 3.63) is 65.5 Å². The second-order valence-corrected chi connectivity index (χ2v) is 7.81. The third-order valence-electron chi connectivity index (χ3n) is 5.43. The van der Waals surface area contributed by atoms with Crippen molar-refractivity contribution in [3.63, 3.8) is 0 Å². The summed E-state index contributed by atoms with van der Waals surface area (Å²) in [6.45, 7) is 3.91. The molecule has 4 rings (SSSR count). The summed E-state index contributed by atoms with van der Waals surface area (Å²) in [5.74, 6) is -0.619. The van der Waals surface area contributed by atoms with Crippen molar-refractivity contribution in [2.24, 2.45) is 0 Å². The van der Waals surface area contributed by atoms with Gasteiger partial charge in [0.05, 0.1) is 24.3 Å². The van der Waals surface area contributed by atoms with Gasteiger partial charge >= 0.3 is 12.1 Å². The lowest BCUT2D eigenvalue weighted by molar-refractivity contribution is -0.134. The molecule has 0 aliphatic carbocycles. The number of benzene rings is 2. The quantitative estimate of drug-likeness (QED) is 0.307. The van der Waals surface area contributed by atoms with Crippen LogP contribution < -0.4 is 0 Å². The largest absolute Gasteiger partial charge is 0.466 e. The standard InChI is InChI=1S/C24H21F2N3O4/c1-13(2)22-17(7-8-21(30)33-3)18-11-19-15(12-27-29(19)24(31)32)10-20(18)28(22)16-6-4-5-14(9-16)23(25)26/h4-13,23H,1-3H3,(H,31,32). The van der Waals surface area contributed by atoms with Crippen LogP contribution in [0.3, 0.4) is 0 Å². The van der Waals surface area contributed by atoms with E-state index < -0.39 is 18.5 Å². The van der Waals surface area contributed by atoms with E-state index in [0.29, 0.717) is 33.1 Å². The van der Waals surface area contributed by atoms with Crippen LogP contribution in [0.15, 0.2) is 48.7 Å². The molecular weight excluding hydrogens is 432 g/mol. The van der Waals surface area contributed by atoms with Gasteiger partial charge in [-0.15, -0.1) is 0 Å². The topological polar surface area (TPSA) is 86.4 Å². The number of carboxylic acid groups (broad SMARTS) is 1. The smallest absolute Gasteiger partial charge is 0.432 e. The summed E-state index contributed by atoms with van der Waals surface area (Å²) < 4.78 is 34.3. The molecule has 0 unspecified atom stereocenters. The van der Waals surface area contributed by atoms with Crippen LogP contribution in [0.2, 0.25) is 0 Å². The molecule has 0 aliphatic rings. The SMILES string of the molecule is COC(=O)C=Cc1c(C(C)C)n(-c2cccc(C(F)F)c2)c2cc3cnn(C(=O)O)c3cc12. The van der Waals surface area contributed by atoms with Crippen LogP contribution in [-0.4, -0.2) is 38.6 Å². The molecule has 0 radical (unpaired) electrons. The molecule has 7 nitrogen and oxygen atoms in total. The molecule has 0 atom stereocenters. The van der Waals surface area contributed by atoms with Crippen molar-refractivity contribution in [1.82, 2.24) is 14.3 Å². The minimum atomic E-state index is -2.63. The number of fused-ring (bicyclic) bond motifs is 2. The molecule has 2 aromatic heterocycles. The summed E-state index contributed by atoms with van der Waals surface area (Å²) in [6.07, 6.45) is 0.455. The third kappa shape index (κ3) is 3.86. The van der Waals surface area contributed by atoms with Gasteiger partial charge in [0.1, 0.15) is 0 Å². The van der Waals surface area contributed by atoms with Gasteiger partial charge in [0, 0.05) is 39.4 Å². The van der Waals surface area contributed by atoms with Gasteiger partial charge in [-0.2, -0.15) is 9.78 Å². The Bertz CT molecular complexity index is 1420. The summed E-state index contributed by atoms with van der Waals surface area (Å²) in [7, 11) is 1.27. The highest BCUT2D eigenvalue weighted by molar-refractivity contribution is 6.04. The number of halogens is 2. The summed E-state index contributed by atoms with van der Waals surface area (Å²) in [5.41, 5.74) is 2.90. The molecular formula is C24H21F2N3O4. The number of hydrogen-bond donors (Lipinski definition) is 1. The van der Waals surface area contributed by atoms with Crippen molar-refractivity contribution in [2.75, 3.05) is 7.11 Å². The minimum Gasteiger partial charge on any atom is -0.466 e. The molecule has 0 bridgehead atoms. The molecule has 0 fully saturated rings. The summed E-state index contributed by atoms with van der Waals surface area (Å²) in [4.78, 5) is 23.4. The molecule has 4 aromatic rings. The Kier molecular flexibility index (Phi) is 5.71. The number of methoxy groups -OCH3 is 1. The van der Waals surface area contributed by atoms with Gasteiger partial charge in [0.15, 0.2) is 0 Å². The highest BCUT2D eigenvalue weighted by Crippen LogP contribution is 2.38. The number of alkyl halides is 2. The van der Waals surface area contributed by atoms with E-state index in [9.17, 15) is 23.5 Å². The van der Waals surface area contributed by atoms with Crippen molar-refractivity contribution < 1.29 is 28.2 Å². The highest BCUT2D eigenvalue weighted by atomic mass is 19.3. The fourth-order valence-electron chi connectivity index (χ4n) is 4.04. The Morgan fingerprint density at radius 3 is 2.55 bits per heavy atom. The van der Waals surface area contributed by atoms with E-state index in [-0.39, 0.29) is 11.5 Å². The number of esters is 1. The monoisotopic (exact) mass is 453 g/mol. The highest BCUT2D eigenvalue weighted by Gasteiger charge is 2.22. The van der Waals surface area contributed by atoms with Gasteiger partial charge in [-0.1, -0.05) is 26.0 Å². The maximum absolute atomic E-state index is 13.4. The molecule has 170 valence electrons. The predicted octanol–water partition coefficient (Wildman–Crippen LogP) is 5.75. The maximum atomic E-state index is 13.4. The van der Waals surface area contributed by atoms with E-state index in [2.05, 4.69) is 5.10 Å². The van der Waals surface area contributed by atoms with Crippen molar-refractivity contribution in [1.29, 1.82) is 0 Å². The number of carbonyl (C=O) groups excluding carboxylic acids is 1. The first-order valence-corrected chi connectivity index (χ1v) is 10.2. The van der Waals surface area contributed by atoms with Crippen molar-refractivity contribution in [3.8, 4) is 5.69 Å². The molecule has 0 saturated carbocycles. The average Bonchev–Trinajstić information content (AvgIpc) is 3.34. The Hall–Kier alpha value is -4.01. The van der Waals surface area contributed by atoms with Crippen LogP contribution >= 0.6 is 0 Å². The van der Waals surface area contributed by atoms with Crippen LogP contribution in [0, 0.1) is 0 Å². The fraction of sp³-hybridized carbons (Fsp3) is 0.208. The van der Waals surface area contributed by atoms with Gasteiger partial charge in [0.2, 0.25) is 0 Å². The van der Waals surface area contributed by atoms with E-state index in [4.69, 9.17) is 4.74 Å². The second kappa shape index (κ2) is 8.50. The zero-order valence-corrected chi connectivity index (χ0v) is 18.1. The Morgan fingerprint density at radius 1 is 1.15 bits per heavy atom. The number of aromatic nitrogens is 3. The third-order valence-corrected chi connectivity index (χ3v) is 5.43. The van der Waals surface area contributed by atoms with Gasteiger partial charge < -0.3 is 14.4 Å².